The number of fused-ring (bicyclic) bond motifs is 4. The molecule has 16 nitrogen and oxygen atoms in total. The summed E-state index contributed by atoms with van der Waals surface area (Å²) in [7, 11) is 0. The molecule has 17 heteroatoms. The topological polar surface area (TPSA) is 203 Å². The van der Waals surface area contributed by atoms with Crippen LogP contribution in [0.4, 0.5) is 0 Å². The maximum Gasteiger partial charge on any atom is 0.326 e. The lowest BCUT2D eigenvalue weighted by molar-refractivity contribution is -0.196. The Kier molecular flexibility index (Phi) is 12.9. The van der Waals surface area contributed by atoms with Crippen LogP contribution in [0.3, 0.4) is 0 Å². The van der Waals surface area contributed by atoms with E-state index in [0.717, 1.165) is 75.1 Å². The SMILES string of the molecule is CC1(C)C(NC(=O)c2ccc(C#CCC3CCN(C[C@H]4C5CCN(CC5)N4[C@@H](C(=O)O)c4ccc5nnn([C@@H]6CCC(=O)NC6=O)c(=O)c5c4)CC3)cc2)C(C)(C)C1Oc1ccc(C#N)c(Cl)c1. The van der Waals surface area contributed by atoms with Crippen molar-refractivity contribution in [3.63, 3.8) is 0 Å². The number of hydrazine groups is 1. The first kappa shape index (κ1) is 46.9. The van der Waals surface area contributed by atoms with E-state index in [0.29, 0.717) is 44.8 Å². The number of carbonyl (C=O) groups is 4. The standard InChI is InChI=1S/C51H56ClN9O7/c1-50(2)48(51(3,4)49(50)68-36-14-12-35(28-53)38(52)27-36)55-44(63)33-10-8-30(9-11-33)6-5-7-31-18-22-58(23-19-31)29-41-32-20-24-59(25-21-32)61(41)43(47(66)67)34-13-15-39-37(26-34)46(65)60(57-56-39)40-16-17-42(62)54-45(40)64/h8-15,26-27,31-32,40-41,43,48-49H,7,16-25,29H2,1-4H3,(H,55,63)(H,66,67)(H,54,62,64)/t40-,41+,43-,48?,49?/m1/s1. The first-order valence-electron chi connectivity index (χ1n) is 23.5. The Hall–Kier alpha value is -6.17. The Morgan fingerprint density at radius 2 is 1.68 bits per heavy atom. The number of carboxylic acid groups (broad SMARTS) is 1. The number of likely N-dealkylation sites (tertiary alicyclic amines) is 1. The number of rotatable bonds is 11. The number of hydrogen-bond acceptors (Lipinski definition) is 12. The minimum Gasteiger partial charge on any atom is -0.489 e. The number of aromatic nitrogens is 3. The first-order valence-corrected chi connectivity index (χ1v) is 23.9. The zero-order valence-electron chi connectivity index (χ0n) is 38.7. The van der Waals surface area contributed by atoms with Gasteiger partial charge in [-0.15, -0.1) is 5.10 Å². The van der Waals surface area contributed by atoms with Crippen LogP contribution in [0.2, 0.25) is 5.02 Å². The lowest BCUT2D eigenvalue weighted by atomic mass is 9.49. The monoisotopic (exact) mass is 941 g/mol. The van der Waals surface area contributed by atoms with Crippen LogP contribution in [0.25, 0.3) is 10.9 Å². The number of nitrogens with one attached hydrogen (secondary N) is 2. The normalized spacial score (nSPS) is 26.1. The number of aliphatic carboxylic acids is 1. The molecule has 3 atom stereocenters. The fourth-order valence-electron chi connectivity index (χ4n) is 11.7. The van der Waals surface area contributed by atoms with Gasteiger partial charge in [-0.2, -0.15) is 9.94 Å². The smallest absolute Gasteiger partial charge is 0.326 e. The number of benzene rings is 3. The van der Waals surface area contributed by atoms with Gasteiger partial charge in [-0.25, -0.2) is 10.0 Å². The molecule has 3 amide bonds. The van der Waals surface area contributed by atoms with Crippen molar-refractivity contribution < 1.29 is 29.0 Å². The molecule has 1 aromatic heterocycles. The van der Waals surface area contributed by atoms with Gasteiger partial charge in [-0.05, 0) is 111 Å². The van der Waals surface area contributed by atoms with E-state index in [4.69, 9.17) is 16.3 Å². The minimum absolute atomic E-state index is 0.0378. The summed E-state index contributed by atoms with van der Waals surface area (Å²) in [5.41, 5.74) is 1.20. The molecule has 1 saturated carbocycles. The maximum atomic E-state index is 13.8. The molecule has 354 valence electrons. The van der Waals surface area contributed by atoms with Gasteiger partial charge in [-0.1, -0.05) is 62.4 Å². The second-order valence-corrected chi connectivity index (χ2v) is 20.6. The molecule has 5 saturated heterocycles. The molecular weight excluding hydrogens is 886 g/mol. The number of nitrogens with zero attached hydrogens (tertiary/aromatic N) is 7. The van der Waals surface area contributed by atoms with Gasteiger partial charge in [0.1, 0.15) is 35.5 Å². The molecule has 10 rings (SSSR count). The summed E-state index contributed by atoms with van der Waals surface area (Å²) in [6, 6.07) is 17.2. The third-order valence-corrected chi connectivity index (χ3v) is 15.4. The van der Waals surface area contributed by atoms with Crippen molar-refractivity contribution in [1.29, 1.82) is 5.26 Å². The van der Waals surface area contributed by atoms with Gasteiger partial charge in [0.25, 0.3) is 17.4 Å². The summed E-state index contributed by atoms with van der Waals surface area (Å²) < 4.78 is 7.38. The number of hydrogen-bond donors (Lipinski definition) is 3. The third kappa shape index (κ3) is 8.98. The Morgan fingerprint density at radius 3 is 2.34 bits per heavy atom. The predicted molar refractivity (Wildman–Crippen MR) is 252 cm³/mol. The van der Waals surface area contributed by atoms with E-state index in [1.165, 1.54) is 0 Å². The number of amides is 3. The molecule has 3 N–H and O–H groups in total. The highest BCUT2D eigenvalue weighted by atomic mass is 35.5. The molecule has 0 radical (unpaired) electrons. The summed E-state index contributed by atoms with van der Waals surface area (Å²) >= 11 is 6.26. The molecule has 6 fully saturated rings. The van der Waals surface area contributed by atoms with Crippen molar-refractivity contribution in [2.75, 3.05) is 32.7 Å². The van der Waals surface area contributed by atoms with Crippen LogP contribution >= 0.6 is 11.6 Å². The number of halogens is 1. The Labute approximate surface area is 399 Å². The highest BCUT2D eigenvalue weighted by Gasteiger charge is 2.64. The summed E-state index contributed by atoms with van der Waals surface area (Å²) in [5.74, 6) is 5.82. The Balaban J connectivity index is 0.796. The van der Waals surface area contributed by atoms with Gasteiger partial charge in [0.15, 0.2) is 0 Å². The van der Waals surface area contributed by atoms with Crippen molar-refractivity contribution >= 4 is 46.2 Å². The van der Waals surface area contributed by atoms with E-state index in [-0.39, 0.29) is 53.2 Å². The van der Waals surface area contributed by atoms with Crippen LogP contribution in [0.15, 0.2) is 65.5 Å². The fourth-order valence-corrected chi connectivity index (χ4v) is 11.9. The molecule has 3 aromatic carbocycles. The molecule has 68 heavy (non-hydrogen) atoms. The van der Waals surface area contributed by atoms with E-state index >= 15 is 0 Å². The number of ether oxygens (including phenoxy) is 1. The van der Waals surface area contributed by atoms with Gasteiger partial charge in [0.2, 0.25) is 5.91 Å². The van der Waals surface area contributed by atoms with Crippen LogP contribution in [-0.2, 0) is 14.4 Å². The number of piperidine rings is 3. The first-order chi connectivity index (χ1) is 32.5. The number of nitriles is 1. The lowest BCUT2D eigenvalue weighted by Crippen LogP contribution is -2.74. The lowest BCUT2D eigenvalue weighted by Gasteiger charge is -2.63. The molecule has 4 aromatic rings. The van der Waals surface area contributed by atoms with Crippen LogP contribution in [-0.4, -0.2) is 110 Å². The molecule has 1 aliphatic carbocycles. The molecular formula is C51H56ClN9O7. The maximum absolute atomic E-state index is 13.8. The van der Waals surface area contributed by atoms with Crippen molar-refractivity contribution in [3.8, 4) is 23.7 Å². The molecule has 0 spiro atoms. The van der Waals surface area contributed by atoms with E-state index in [1.54, 1.807) is 36.4 Å². The average Bonchev–Trinajstić information content (AvgIpc) is 3.32. The third-order valence-electron chi connectivity index (χ3n) is 15.1. The summed E-state index contributed by atoms with van der Waals surface area (Å²) in [6.07, 6.45) is 4.66. The van der Waals surface area contributed by atoms with Crippen molar-refractivity contribution in [2.24, 2.45) is 22.7 Å². The highest BCUT2D eigenvalue weighted by molar-refractivity contribution is 6.31. The summed E-state index contributed by atoms with van der Waals surface area (Å²) in [6.45, 7) is 12.3. The van der Waals surface area contributed by atoms with Crippen LogP contribution in [0.5, 0.6) is 5.75 Å². The number of carbonyl (C=O) groups excluding carboxylic acids is 3. The summed E-state index contributed by atoms with van der Waals surface area (Å²) in [4.78, 5) is 67.3. The van der Waals surface area contributed by atoms with Crippen molar-refractivity contribution in [1.82, 2.24) is 40.5 Å². The highest BCUT2D eigenvalue weighted by Crippen LogP contribution is 2.55. The second-order valence-electron chi connectivity index (χ2n) is 20.2. The van der Waals surface area contributed by atoms with Gasteiger partial charge in [-0.3, -0.25) is 29.3 Å². The van der Waals surface area contributed by atoms with Gasteiger partial charge in [0.05, 0.1) is 16.0 Å². The van der Waals surface area contributed by atoms with E-state index in [9.17, 15) is 34.3 Å². The molecule has 0 unspecified atom stereocenters. The zero-order chi connectivity index (χ0) is 48.1. The Bertz CT molecular complexity index is 2800. The molecule has 2 bridgehead atoms. The summed E-state index contributed by atoms with van der Waals surface area (Å²) in [5, 5.41) is 38.5. The van der Waals surface area contributed by atoms with Crippen molar-refractivity contribution in [2.45, 2.75) is 103 Å². The fraction of sp³-hybridized carbons (Fsp3) is 0.490. The van der Waals surface area contributed by atoms with E-state index in [2.05, 4.69) is 76.5 Å². The van der Waals surface area contributed by atoms with Gasteiger partial charge >= 0.3 is 5.97 Å². The number of carboxylic acids is 1. The van der Waals surface area contributed by atoms with E-state index < -0.39 is 35.4 Å². The molecule has 6 aliphatic rings. The van der Waals surface area contributed by atoms with Crippen LogP contribution in [0.1, 0.15) is 112 Å². The minimum atomic E-state index is -1.04. The van der Waals surface area contributed by atoms with Crippen molar-refractivity contribution in [3.05, 3.63) is 98.3 Å². The molecule has 5 aliphatic heterocycles. The quantitative estimate of drug-likeness (QED) is 0.126. The largest absolute Gasteiger partial charge is 0.489 e. The van der Waals surface area contributed by atoms with E-state index in [1.807, 2.05) is 29.3 Å². The Morgan fingerprint density at radius 1 is 0.956 bits per heavy atom. The number of imide groups is 1. The molecule has 6 heterocycles. The average molecular weight is 943 g/mol. The van der Waals surface area contributed by atoms with Crippen LogP contribution < -0.4 is 20.9 Å². The second kappa shape index (κ2) is 18.7. The van der Waals surface area contributed by atoms with Gasteiger partial charge < -0.3 is 20.1 Å². The van der Waals surface area contributed by atoms with Gasteiger partial charge in [0, 0.05) is 72.6 Å². The van der Waals surface area contributed by atoms with Crippen LogP contribution in [0, 0.1) is 45.8 Å². The predicted octanol–water partition coefficient (Wildman–Crippen LogP) is 5.50. The zero-order valence-corrected chi connectivity index (χ0v) is 39.5.